The quantitative estimate of drug-likeness (QED) is 0.735. The fraction of sp³-hybridized carbons (Fsp3) is 0.111. The smallest absolute Gasteiger partial charge is 0.295 e. The molecular formula is C18H14N4O2. The van der Waals surface area contributed by atoms with Crippen molar-refractivity contribution in [3.8, 4) is 11.9 Å². The number of carbonyl (C=O) groups is 1. The third-order valence-electron chi connectivity index (χ3n) is 3.74. The highest BCUT2D eigenvalue weighted by Crippen LogP contribution is 2.38. The SMILES string of the molecule is CCn1c(O)c(N=NC(=O)c2ccc(C#N)cc2)c2ccccc21. The zero-order valence-corrected chi connectivity index (χ0v) is 13.0. The second-order valence-electron chi connectivity index (χ2n) is 5.13. The number of rotatable bonds is 3. The molecule has 0 aliphatic rings. The molecule has 0 aliphatic carbocycles. The number of amides is 1. The summed E-state index contributed by atoms with van der Waals surface area (Å²) in [6.07, 6.45) is 0. The van der Waals surface area contributed by atoms with Crippen molar-refractivity contribution in [1.29, 1.82) is 5.26 Å². The summed E-state index contributed by atoms with van der Waals surface area (Å²) in [6.45, 7) is 2.49. The number of para-hydroxylation sites is 1. The summed E-state index contributed by atoms with van der Waals surface area (Å²) in [7, 11) is 0. The van der Waals surface area contributed by atoms with E-state index in [4.69, 9.17) is 5.26 Å². The minimum absolute atomic E-state index is 0.0184. The van der Waals surface area contributed by atoms with E-state index in [1.807, 2.05) is 37.3 Å². The molecular weight excluding hydrogens is 304 g/mol. The Morgan fingerprint density at radius 3 is 2.58 bits per heavy atom. The molecule has 0 fully saturated rings. The van der Waals surface area contributed by atoms with Gasteiger partial charge in [-0.25, -0.2) is 0 Å². The lowest BCUT2D eigenvalue weighted by atomic mass is 10.1. The Labute approximate surface area is 138 Å². The van der Waals surface area contributed by atoms with E-state index in [1.165, 1.54) is 12.1 Å². The third-order valence-corrected chi connectivity index (χ3v) is 3.74. The number of fused-ring (bicyclic) bond motifs is 1. The summed E-state index contributed by atoms with van der Waals surface area (Å²) in [5.74, 6) is -0.553. The lowest BCUT2D eigenvalue weighted by molar-refractivity contribution is 0.0995. The Kier molecular flexibility index (Phi) is 4.08. The topological polar surface area (TPSA) is 90.7 Å². The van der Waals surface area contributed by atoms with Gasteiger partial charge in [-0.3, -0.25) is 4.79 Å². The summed E-state index contributed by atoms with van der Waals surface area (Å²) < 4.78 is 1.70. The summed E-state index contributed by atoms with van der Waals surface area (Å²) in [4.78, 5) is 12.1. The molecule has 0 bridgehead atoms. The Hall–Kier alpha value is -3.46. The number of aromatic hydroxyl groups is 1. The van der Waals surface area contributed by atoms with Crippen LogP contribution in [0.4, 0.5) is 5.69 Å². The standard InChI is InChI=1S/C18H14N4O2/c1-2-22-15-6-4-3-5-14(15)16(18(22)24)20-21-17(23)13-9-7-12(11-19)8-10-13/h3-10,24H,2H2,1H3. The first-order valence-corrected chi connectivity index (χ1v) is 7.42. The van der Waals surface area contributed by atoms with Crippen LogP contribution < -0.4 is 0 Å². The van der Waals surface area contributed by atoms with E-state index < -0.39 is 5.91 Å². The van der Waals surface area contributed by atoms with Crippen molar-refractivity contribution in [2.75, 3.05) is 0 Å². The van der Waals surface area contributed by atoms with E-state index in [0.717, 1.165) is 10.9 Å². The molecule has 1 N–H and O–H groups in total. The summed E-state index contributed by atoms with van der Waals surface area (Å²) in [5.41, 5.74) is 1.90. The number of aromatic nitrogens is 1. The maximum atomic E-state index is 12.1. The molecule has 24 heavy (non-hydrogen) atoms. The molecule has 0 saturated carbocycles. The predicted molar refractivity (Wildman–Crippen MR) is 89.3 cm³/mol. The van der Waals surface area contributed by atoms with Crippen molar-refractivity contribution in [3.63, 3.8) is 0 Å². The normalized spacial score (nSPS) is 11.0. The lowest BCUT2D eigenvalue weighted by Gasteiger charge is -2.00. The van der Waals surface area contributed by atoms with Crippen LogP contribution in [-0.4, -0.2) is 15.6 Å². The molecule has 3 aromatic rings. The van der Waals surface area contributed by atoms with Gasteiger partial charge < -0.3 is 9.67 Å². The van der Waals surface area contributed by atoms with Crippen molar-refractivity contribution in [3.05, 3.63) is 59.7 Å². The molecule has 0 unspecified atom stereocenters. The van der Waals surface area contributed by atoms with Gasteiger partial charge in [0.2, 0.25) is 5.88 Å². The predicted octanol–water partition coefficient (Wildman–Crippen LogP) is 4.16. The average Bonchev–Trinajstić information content (AvgIpc) is 2.90. The number of nitrogens with zero attached hydrogens (tertiary/aromatic N) is 4. The van der Waals surface area contributed by atoms with Crippen molar-refractivity contribution in [2.45, 2.75) is 13.5 Å². The number of carbonyl (C=O) groups excluding carboxylic acids is 1. The lowest BCUT2D eigenvalue weighted by Crippen LogP contribution is -1.93. The number of benzene rings is 2. The molecule has 2 aromatic carbocycles. The van der Waals surface area contributed by atoms with E-state index >= 15 is 0 Å². The maximum absolute atomic E-state index is 12.1. The van der Waals surface area contributed by atoms with E-state index in [2.05, 4.69) is 10.2 Å². The van der Waals surface area contributed by atoms with Crippen LogP contribution in [0.15, 0.2) is 58.8 Å². The molecule has 3 rings (SSSR count). The van der Waals surface area contributed by atoms with Gasteiger partial charge in [0.25, 0.3) is 5.91 Å². The average molecular weight is 318 g/mol. The molecule has 0 aliphatic heterocycles. The molecule has 1 amide bonds. The minimum atomic E-state index is -0.535. The van der Waals surface area contributed by atoms with Crippen molar-refractivity contribution < 1.29 is 9.90 Å². The Morgan fingerprint density at radius 2 is 1.92 bits per heavy atom. The second-order valence-corrected chi connectivity index (χ2v) is 5.13. The molecule has 6 nitrogen and oxygen atoms in total. The number of hydrogen-bond donors (Lipinski definition) is 1. The Bertz CT molecular complexity index is 979. The van der Waals surface area contributed by atoms with Gasteiger partial charge in [0, 0.05) is 17.5 Å². The molecule has 118 valence electrons. The van der Waals surface area contributed by atoms with Crippen molar-refractivity contribution in [1.82, 2.24) is 4.57 Å². The van der Waals surface area contributed by atoms with Crippen molar-refractivity contribution >= 4 is 22.5 Å². The highest BCUT2D eigenvalue weighted by atomic mass is 16.3. The van der Waals surface area contributed by atoms with Gasteiger partial charge in [-0.15, -0.1) is 10.2 Å². The third kappa shape index (κ3) is 2.63. The number of aryl methyl sites for hydroxylation is 1. The van der Waals surface area contributed by atoms with Gasteiger partial charge in [-0.2, -0.15) is 5.26 Å². The highest BCUT2D eigenvalue weighted by molar-refractivity contribution is 5.97. The highest BCUT2D eigenvalue weighted by Gasteiger charge is 2.15. The van der Waals surface area contributed by atoms with Crippen LogP contribution >= 0.6 is 0 Å². The summed E-state index contributed by atoms with van der Waals surface area (Å²) in [6, 6.07) is 15.5. The van der Waals surface area contributed by atoms with E-state index in [9.17, 15) is 9.90 Å². The van der Waals surface area contributed by atoms with Gasteiger partial charge in [0.05, 0.1) is 17.1 Å². The first kappa shape index (κ1) is 15.4. The number of nitriles is 1. The maximum Gasteiger partial charge on any atom is 0.295 e. The molecule has 1 aromatic heterocycles. The van der Waals surface area contributed by atoms with Crippen LogP contribution in [0, 0.1) is 11.3 Å². The van der Waals surface area contributed by atoms with Crippen molar-refractivity contribution in [2.24, 2.45) is 10.2 Å². The summed E-state index contributed by atoms with van der Waals surface area (Å²) in [5, 5.41) is 27.5. The van der Waals surface area contributed by atoms with Crippen LogP contribution in [0.3, 0.4) is 0 Å². The summed E-state index contributed by atoms with van der Waals surface area (Å²) >= 11 is 0. The molecule has 1 heterocycles. The molecule has 0 atom stereocenters. The Morgan fingerprint density at radius 1 is 1.21 bits per heavy atom. The van der Waals surface area contributed by atoms with Gasteiger partial charge in [-0.05, 0) is 37.3 Å². The minimum Gasteiger partial charge on any atom is -0.493 e. The van der Waals surface area contributed by atoms with Crippen LogP contribution in [0.2, 0.25) is 0 Å². The van der Waals surface area contributed by atoms with Gasteiger partial charge in [-0.1, -0.05) is 18.2 Å². The zero-order valence-electron chi connectivity index (χ0n) is 13.0. The van der Waals surface area contributed by atoms with E-state index in [-0.39, 0.29) is 11.6 Å². The second kappa shape index (κ2) is 6.34. The number of hydrogen-bond acceptors (Lipinski definition) is 4. The molecule has 6 heteroatoms. The first-order chi connectivity index (χ1) is 11.7. The van der Waals surface area contributed by atoms with Gasteiger partial charge in [0.1, 0.15) is 0 Å². The number of azo groups is 1. The van der Waals surface area contributed by atoms with Gasteiger partial charge >= 0.3 is 0 Å². The zero-order chi connectivity index (χ0) is 17.1. The van der Waals surface area contributed by atoms with E-state index in [1.54, 1.807) is 16.7 Å². The van der Waals surface area contributed by atoms with E-state index in [0.29, 0.717) is 17.7 Å². The van der Waals surface area contributed by atoms with Gasteiger partial charge in [0.15, 0.2) is 5.69 Å². The van der Waals surface area contributed by atoms with Crippen LogP contribution in [-0.2, 0) is 6.54 Å². The fourth-order valence-electron chi connectivity index (χ4n) is 2.53. The first-order valence-electron chi connectivity index (χ1n) is 7.42. The van der Waals surface area contributed by atoms with Crippen LogP contribution in [0.1, 0.15) is 22.8 Å². The van der Waals surface area contributed by atoms with Crippen LogP contribution in [0.5, 0.6) is 5.88 Å². The van der Waals surface area contributed by atoms with Crippen LogP contribution in [0.25, 0.3) is 10.9 Å². The fourth-order valence-corrected chi connectivity index (χ4v) is 2.53. The molecule has 0 radical (unpaired) electrons. The largest absolute Gasteiger partial charge is 0.493 e. The Balaban J connectivity index is 1.97. The monoisotopic (exact) mass is 318 g/mol. The molecule has 0 saturated heterocycles. The molecule has 0 spiro atoms.